The lowest BCUT2D eigenvalue weighted by Gasteiger charge is -2.26. The first-order valence-corrected chi connectivity index (χ1v) is 7.93. The van der Waals surface area contributed by atoms with Crippen LogP contribution in [0.25, 0.3) is 0 Å². The molecular formula is C14H21NO2S. The molecule has 100 valence electrons. The van der Waals surface area contributed by atoms with Crippen molar-refractivity contribution in [3.63, 3.8) is 0 Å². The van der Waals surface area contributed by atoms with Gasteiger partial charge in [0.2, 0.25) is 0 Å². The Kier molecular flexibility index (Phi) is 4.78. The van der Waals surface area contributed by atoms with Crippen molar-refractivity contribution >= 4 is 10.8 Å². The summed E-state index contributed by atoms with van der Waals surface area (Å²) in [4.78, 5) is 0. The van der Waals surface area contributed by atoms with E-state index in [1.165, 1.54) is 5.56 Å². The molecule has 3 nitrogen and oxygen atoms in total. The van der Waals surface area contributed by atoms with Crippen molar-refractivity contribution in [3.8, 4) is 5.75 Å². The third-order valence-corrected chi connectivity index (χ3v) is 4.87. The topological polar surface area (TPSA) is 38.3 Å². The minimum absolute atomic E-state index is 0.326. The highest BCUT2D eigenvalue weighted by atomic mass is 32.2. The first kappa shape index (κ1) is 13.6. The molecule has 1 aliphatic heterocycles. The molecular weight excluding hydrogens is 246 g/mol. The van der Waals surface area contributed by atoms with Crippen LogP contribution in [0.3, 0.4) is 0 Å². The van der Waals surface area contributed by atoms with Crippen LogP contribution in [-0.2, 0) is 10.8 Å². The lowest BCUT2D eigenvalue weighted by molar-refractivity contribution is 0.412. The molecule has 0 amide bonds. The summed E-state index contributed by atoms with van der Waals surface area (Å²) in [6, 6.07) is 8.99. The Labute approximate surface area is 111 Å². The third kappa shape index (κ3) is 3.56. The summed E-state index contributed by atoms with van der Waals surface area (Å²) in [6.07, 6.45) is 2.04. The Morgan fingerprint density at radius 2 is 1.89 bits per heavy atom. The van der Waals surface area contributed by atoms with Crippen LogP contribution in [0, 0.1) is 0 Å². The molecule has 4 heteroatoms. The second-order valence-electron chi connectivity index (χ2n) is 4.78. The fraction of sp³-hybridized carbons (Fsp3) is 0.571. The third-order valence-electron chi connectivity index (χ3n) is 3.49. The minimum atomic E-state index is -0.581. The number of hydrogen-bond donors (Lipinski definition) is 1. The molecule has 0 unspecified atom stereocenters. The van der Waals surface area contributed by atoms with E-state index in [9.17, 15) is 4.21 Å². The fourth-order valence-corrected chi connectivity index (χ4v) is 3.60. The summed E-state index contributed by atoms with van der Waals surface area (Å²) in [5.74, 6) is 2.57. The van der Waals surface area contributed by atoms with Crippen LogP contribution in [0.4, 0.5) is 0 Å². The van der Waals surface area contributed by atoms with Gasteiger partial charge in [0.05, 0.1) is 7.11 Å². The van der Waals surface area contributed by atoms with E-state index >= 15 is 0 Å². The van der Waals surface area contributed by atoms with Crippen molar-refractivity contribution in [2.24, 2.45) is 0 Å². The molecule has 1 aliphatic rings. The summed E-state index contributed by atoms with van der Waals surface area (Å²) in [7, 11) is 1.10. The van der Waals surface area contributed by atoms with Crippen LogP contribution in [0.15, 0.2) is 24.3 Å². The van der Waals surface area contributed by atoms with Crippen molar-refractivity contribution in [2.75, 3.05) is 18.6 Å². The van der Waals surface area contributed by atoms with Gasteiger partial charge in [-0.25, -0.2) is 0 Å². The van der Waals surface area contributed by atoms with Crippen molar-refractivity contribution < 1.29 is 8.95 Å². The molecule has 1 fully saturated rings. The highest BCUT2D eigenvalue weighted by Crippen LogP contribution is 2.19. The summed E-state index contributed by atoms with van der Waals surface area (Å²) < 4.78 is 16.5. The van der Waals surface area contributed by atoms with E-state index in [1.807, 2.05) is 12.1 Å². The number of nitrogens with one attached hydrogen (secondary N) is 1. The van der Waals surface area contributed by atoms with Crippen LogP contribution in [-0.4, -0.2) is 28.9 Å². The number of rotatable bonds is 4. The zero-order chi connectivity index (χ0) is 13.0. The zero-order valence-corrected chi connectivity index (χ0v) is 11.8. The smallest absolute Gasteiger partial charge is 0.118 e. The maximum atomic E-state index is 11.3. The Morgan fingerprint density at radius 1 is 1.28 bits per heavy atom. The maximum Gasteiger partial charge on any atom is 0.118 e. The van der Waals surface area contributed by atoms with Crippen molar-refractivity contribution in [1.29, 1.82) is 0 Å². The Balaban J connectivity index is 1.90. The number of hydrogen-bond acceptors (Lipinski definition) is 3. The van der Waals surface area contributed by atoms with Gasteiger partial charge in [0.15, 0.2) is 0 Å². The van der Waals surface area contributed by atoms with Gasteiger partial charge in [0.1, 0.15) is 5.75 Å². The largest absolute Gasteiger partial charge is 0.497 e. The molecule has 0 saturated carbocycles. The molecule has 0 radical (unpaired) electrons. The number of benzene rings is 1. The lowest BCUT2D eigenvalue weighted by atomic mass is 10.1. The molecule has 1 aromatic rings. The molecule has 18 heavy (non-hydrogen) atoms. The van der Waals surface area contributed by atoms with Crippen LogP contribution < -0.4 is 10.1 Å². The van der Waals surface area contributed by atoms with Crippen LogP contribution in [0.1, 0.15) is 31.4 Å². The van der Waals surface area contributed by atoms with Crippen LogP contribution in [0.2, 0.25) is 0 Å². The van der Waals surface area contributed by atoms with E-state index in [1.54, 1.807) is 7.11 Å². The normalized spacial score (nSPS) is 25.7. The van der Waals surface area contributed by atoms with Crippen molar-refractivity contribution in [2.45, 2.75) is 31.8 Å². The monoisotopic (exact) mass is 267 g/mol. The van der Waals surface area contributed by atoms with Gasteiger partial charge in [0.25, 0.3) is 0 Å². The number of ether oxygens (including phenoxy) is 1. The van der Waals surface area contributed by atoms with E-state index in [-0.39, 0.29) is 0 Å². The minimum Gasteiger partial charge on any atom is -0.497 e. The van der Waals surface area contributed by atoms with Crippen LogP contribution >= 0.6 is 0 Å². The fourth-order valence-electron chi connectivity index (χ4n) is 2.30. The standard InChI is InChI=1S/C14H21NO2S/c1-11(12-3-5-14(17-2)6-4-12)15-13-7-9-18(16)10-8-13/h3-6,11,13,15H,7-10H2,1-2H3/t11-,13?,18?/m0/s1. The maximum absolute atomic E-state index is 11.3. The molecule has 1 saturated heterocycles. The summed E-state index contributed by atoms with van der Waals surface area (Å²) in [5, 5.41) is 3.62. The zero-order valence-electron chi connectivity index (χ0n) is 11.0. The highest BCUT2D eigenvalue weighted by molar-refractivity contribution is 7.85. The SMILES string of the molecule is COc1ccc([C@H](C)NC2CCS(=O)CC2)cc1. The average molecular weight is 267 g/mol. The van der Waals surface area contributed by atoms with Gasteiger partial charge in [-0.15, -0.1) is 0 Å². The Morgan fingerprint density at radius 3 is 2.44 bits per heavy atom. The quantitative estimate of drug-likeness (QED) is 0.909. The molecule has 1 aromatic carbocycles. The van der Waals surface area contributed by atoms with E-state index < -0.39 is 10.8 Å². The van der Waals surface area contributed by atoms with Gasteiger partial charge in [-0.05, 0) is 37.5 Å². The molecule has 1 atom stereocenters. The second-order valence-corrected chi connectivity index (χ2v) is 6.48. The predicted molar refractivity (Wildman–Crippen MR) is 75.4 cm³/mol. The Bertz CT molecular complexity index is 395. The predicted octanol–water partition coefficient (Wildman–Crippen LogP) is 2.26. The molecule has 0 spiro atoms. The highest BCUT2D eigenvalue weighted by Gasteiger charge is 2.19. The van der Waals surface area contributed by atoms with Gasteiger partial charge in [-0.3, -0.25) is 4.21 Å². The average Bonchev–Trinajstić information content (AvgIpc) is 2.41. The summed E-state index contributed by atoms with van der Waals surface area (Å²) in [5.41, 5.74) is 1.27. The molecule has 0 bridgehead atoms. The molecule has 1 N–H and O–H groups in total. The molecule has 0 aliphatic carbocycles. The Hall–Kier alpha value is -0.870. The number of methoxy groups -OCH3 is 1. The van der Waals surface area contributed by atoms with E-state index in [2.05, 4.69) is 24.4 Å². The molecule has 0 aromatic heterocycles. The molecule has 1 heterocycles. The summed E-state index contributed by atoms with van der Waals surface area (Å²) in [6.45, 7) is 2.17. The summed E-state index contributed by atoms with van der Waals surface area (Å²) >= 11 is 0. The van der Waals surface area contributed by atoms with Gasteiger partial charge in [-0.1, -0.05) is 12.1 Å². The van der Waals surface area contributed by atoms with Crippen LogP contribution in [0.5, 0.6) is 5.75 Å². The lowest BCUT2D eigenvalue weighted by Crippen LogP contribution is -2.37. The first-order valence-electron chi connectivity index (χ1n) is 6.44. The van der Waals surface area contributed by atoms with Gasteiger partial charge < -0.3 is 10.1 Å². The van der Waals surface area contributed by atoms with Crippen molar-refractivity contribution in [1.82, 2.24) is 5.32 Å². The van der Waals surface area contributed by atoms with E-state index in [0.29, 0.717) is 12.1 Å². The van der Waals surface area contributed by atoms with Gasteiger partial charge in [0, 0.05) is 34.4 Å². The first-order chi connectivity index (χ1) is 8.69. The second kappa shape index (κ2) is 6.34. The van der Waals surface area contributed by atoms with Gasteiger partial charge in [-0.2, -0.15) is 0 Å². The van der Waals surface area contributed by atoms with E-state index in [0.717, 1.165) is 30.1 Å². The molecule has 2 rings (SSSR count). The van der Waals surface area contributed by atoms with Gasteiger partial charge >= 0.3 is 0 Å². The van der Waals surface area contributed by atoms with Crippen molar-refractivity contribution in [3.05, 3.63) is 29.8 Å². The van der Waals surface area contributed by atoms with E-state index in [4.69, 9.17) is 4.74 Å².